The maximum atomic E-state index is 12.1. The number of para-hydroxylation sites is 1. The van der Waals surface area contributed by atoms with E-state index in [1.165, 1.54) is 0 Å². The van der Waals surface area contributed by atoms with Crippen LogP contribution in [-0.4, -0.2) is 34.7 Å². The van der Waals surface area contributed by atoms with Crippen LogP contribution in [0.2, 0.25) is 0 Å². The number of rotatable bonds is 8. The molecule has 1 aromatic carbocycles. The van der Waals surface area contributed by atoms with Gasteiger partial charge < -0.3 is 10.1 Å². The van der Waals surface area contributed by atoms with Gasteiger partial charge in [-0.25, -0.2) is 13.1 Å². The van der Waals surface area contributed by atoms with Crippen LogP contribution in [0.4, 0.5) is 5.69 Å². The first-order chi connectivity index (χ1) is 9.05. The molecular formula is C13H22N2O3S. The van der Waals surface area contributed by atoms with Gasteiger partial charge in [0.1, 0.15) is 4.90 Å². The Morgan fingerprint density at radius 1 is 1.26 bits per heavy atom. The maximum Gasteiger partial charge on any atom is 0.242 e. The molecule has 0 aliphatic rings. The molecule has 1 rings (SSSR count). The summed E-state index contributed by atoms with van der Waals surface area (Å²) in [4.78, 5) is 0.270. The molecule has 108 valence electrons. The fourth-order valence-electron chi connectivity index (χ4n) is 1.77. The van der Waals surface area contributed by atoms with Crippen LogP contribution in [0.15, 0.2) is 29.2 Å². The van der Waals surface area contributed by atoms with Crippen molar-refractivity contribution < 1.29 is 13.2 Å². The van der Waals surface area contributed by atoms with Crippen LogP contribution in [0.25, 0.3) is 0 Å². The first kappa shape index (κ1) is 15.9. The molecule has 0 aliphatic heterocycles. The maximum absolute atomic E-state index is 12.1. The number of methoxy groups -OCH3 is 1. The Hall–Kier alpha value is -1.11. The molecule has 0 spiro atoms. The molecule has 1 unspecified atom stereocenters. The van der Waals surface area contributed by atoms with Crippen LogP contribution in [0.1, 0.15) is 20.3 Å². The molecule has 0 bridgehead atoms. The second kappa shape index (κ2) is 7.47. The van der Waals surface area contributed by atoms with Gasteiger partial charge in [-0.2, -0.15) is 0 Å². The fourth-order valence-corrected chi connectivity index (χ4v) is 2.98. The van der Waals surface area contributed by atoms with Crippen LogP contribution >= 0.6 is 0 Å². The van der Waals surface area contributed by atoms with Crippen molar-refractivity contribution in [2.45, 2.75) is 31.2 Å². The van der Waals surface area contributed by atoms with E-state index in [0.29, 0.717) is 18.8 Å². The molecule has 19 heavy (non-hydrogen) atoms. The number of ether oxygens (including phenoxy) is 1. The lowest BCUT2D eigenvalue weighted by Crippen LogP contribution is -2.28. The number of nitrogens with one attached hydrogen (secondary N) is 2. The first-order valence-corrected chi connectivity index (χ1v) is 7.87. The van der Waals surface area contributed by atoms with Gasteiger partial charge in [0.2, 0.25) is 10.0 Å². The third kappa shape index (κ3) is 4.49. The molecule has 5 nitrogen and oxygen atoms in total. The van der Waals surface area contributed by atoms with Crippen molar-refractivity contribution in [3.63, 3.8) is 0 Å². The van der Waals surface area contributed by atoms with E-state index in [1.807, 2.05) is 13.0 Å². The van der Waals surface area contributed by atoms with E-state index in [4.69, 9.17) is 4.74 Å². The molecule has 0 saturated heterocycles. The van der Waals surface area contributed by atoms with Gasteiger partial charge in [-0.3, -0.25) is 0 Å². The van der Waals surface area contributed by atoms with Crippen LogP contribution < -0.4 is 10.0 Å². The monoisotopic (exact) mass is 286 g/mol. The average molecular weight is 286 g/mol. The van der Waals surface area contributed by atoms with E-state index >= 15 is 0 Å². The van der Waals surface area contributed by atoms with E-state index in [-0.39, 0.29) is 10.9 Å². The van der Waals surface area contributed by atoms with E-state index in [1.54, 1.807) is 32.2 Å². The summed E-state index contributed by atoms with van der Waals surface area (Å²) in [5.41, 5.74) is 0.604. The lowest BCUT2D eigenvalue weighted by molar-refractivity contribution is 0.184. The Morgan fingerprint density at radius 2 is 1.95 bits per heavy atom. The predicted octanol–water partition coefficient (Wildman–Crippen LogP) is 1.82. The zero-order valence-corrected chi connectivity index (χ0v) is 12.5. The highest BCUT2D eigenvalue weighted by Gasteiger charge is 2.18. The Bertz CT molecular complexity index is 488. The minimum absolute atomic E-state index is 0.0861. The summed E-state index contributed by atoms with van der Waals surface area (Å²) in [6.45, 7) is 4.68. The molecule has 1 aromatic rings. The lowest BCUT2D eigenvalue weighted by Gasteiger charge is -2.19. The number of benzene rings is 1. The normalized spacial score (nSPS) is 13.2. The van der Waals surface area contributed by atoms with Crippen molar-refractivity contribution in [2.75, 3.05) is 25.6 Å². The summed E-state index contributed by atoms with van der Waals surface area (Å²) < 4.78 is 31.8. The third-order valence-corrected chi connectivity index (χ3v) is 4.33. The van der Waals surface area contributed by atoms with Gasteiger partial charge in [0.15, 0.2) is 0 Å². The van der Waals surface area contributed by atoms with Gasteiger partial charge in [0.25, 0.3) is 0 Å². The molecule has 0 heterocycles. The number of sulfonamides is 1. The predicted molar refractivity (Wildman–Crippen MR) is 76.9 cm³/mol. The van der Waals surface area contributed by atoms with Crippen molar-refractivity contribution in [3.05, 3.63) is 24.3 Å². The summed E-state index contributed by atoms with van der Waals surface area (Å²) in [6.07, 6.45) is 0.851. The number of hydrogen-bond acceptors (Lipinski definition) is 4. The minimum Gasteiger partial charge on any atom is -0.383 e. The SMILES string of the molecule is CCNS(=O)(=O)c1ccccc1NC(CC)COC. The second-order valence-electron chi connectivity index (χ2n) is 4.20. The molecule has 0 radical (unpaired) electrons. The standard InChI is InChI=1S/C13H22N2O3S/c1-4-11(10-18-3)15-12-8-6-7-9-13(12)19(16,17)14-5-2/h6-9,11,14-15H,4-5,10H2,1-3H3. The molecule has 6 heteroatoms. The highest BCUT2D eigenvalue weighted by atomic mass is 32.2. The van der Waals surface area contributed by atoms with Gasteiger partial charge in [0.05, 0.1) is 12.3 Å². The van der Waals surface area contributed by atoms with Crippen molar-refractivity contribution >= 4 is 15.7 Å². The third-order valence-electron chi connectivity index (χ3n) is 2.73. The van der Waals surface area contributed by atoms with E-state index in [0.717, 1.165) is 6.42 Å². The van der Waals surface area contributed by atoms with Crippen LogP contribution in [0, 0.1) is 0 Å². The Labute approximate surface area is 115 Å². The topological polar surface area (TPSA) is 67.4 Å². The Kier molecular flexibility index (Phi) is 6.27. The molecule has 0 amide bonds. The van der Waals surface area contributed by atoms with Gasteiger partial charge in [0, 0.05) is 19.7 Å². The highest BCUT2D eigenvalue weighted by molar-refractivity contribution is 7.89. The van der Waals surface area contributed by atoms with Crippen molar-refractivity contribution in [1.29, 1.82) is 0 Å². The number of hydrogen-bond donors (Lipinski definition) is 2. The molecule has 0 aliphatic carbocycles. The van der Waals surface area contributed by atoms with E-state index in [2.05, 4.69) is 10.0 Å². The smallest absolute Gasteiger partial charge is 0.242 e. The van der Waals surface area contributed by atoms with Crippen molar-refractivity contribution in [2.24, 2.45) is 0 Å². The summed E-state index contributed by atoms with van der Waals surface area (Å²) in [7, 11) is -1.83. The second-order valence-corrected chi connectivity index (χ2v) is 5.94. The van der Waals surface area contributed by atoms with Crippen molar-refractivity contribution in [1.82, 2.24) is 4.72 Å². The summed E-state index contributed by atoms with van der Waals surface area (Å²) in [5, 5.41) is 3.22. The van der Waals surface area contributed by atoms with E-state index < -0.39 is 10.0 Å². The van der Waals surface area contributed by atoms with Crippen LogP contribution in [-0.2, 0) is 14.8 Å². The molecular weight excluding hydrogens is 264 g/mol. The van der Waals surface area contributed by atoms with Crippen LogP contribution in [0.5, 0.6) is 0 Å². The molecule has 2 N–H and O–H groups in total. The van der Waals surface area contributed by atoms with Gasteiger partial charge >= 0.3 is 0 Å². The largest absolute Gasteiger partial charge is 0.383 e. The molecule has 0 saturated carbocycles. The Morgan fingerprint density at radius 3 is 2.53 bits per heavy atom. The zero-order valence-electron chi connectivity index (χ0n) is 11.6. The quantitative estimate of drug-likeness (QED) is 0.765. The first-order valence-electron chi connectivity index (χ1n) is 6.39. The Balaban J connectivity index is 3.02. The molecule has 1 atom stereocenters. The van der Waals surface area contributed by atoms with Gasteiger partial charge in [-0.15, -0.1) is 0 Å². The molecule has 0 aromatic heterocycles. The summed E-state index contributed by atoms with van der Waals surface area (Å²) >= 11 is 0. The van der Waals surface area contributed by atoms with Crippen molar-refractivity contribution in [3.8, 4) is 0 Å². The minimum atomic E-state index is -3.46. The zero-order chi connectivity index (χ0) is 14.3. The van der Waals surface area contributed by atoms with Gasteiger partial charge in [-0.05, 0) is 18.6 Å². The summed E-state index contributed by atoms with van der Waals surface area (Å²) in [5.74, 6) is 0. The fraction of sp³-hybridized carbons (Fsp3) is 0.538. The average Bonchev–Trinajstić information content (AvgIpc) is 2.38. The molecule has 0 fully saturated rings. The van der Waals surface area contributed by atoms with E-state index in [9.17, 15) is 8.42 Å². The summed E-state index contributed by atoms with van der Waals surface area (Å²) in [6, 6.07) is 6.98. The lowest BCUT2D eigenvalue weighted by atomic mass is 10.2. The van der Waals surface area contributed by atoms with Gasteiger partial charge in [-0.1, -0.05) is 26.0 Å². The van der Waals surface area contributed by atoms with Crippen LogP contribution in [0.3, 0.4) is 0 Å². The number of anilines is 1. The highest BCUT2D eigenvalue weighted by Crippen LogP contribution is 2.21.